The van der Waals surface area contributed by atoms with E-state index in [1.807, 2.05) is 0 Å². The van der Waals surface area contributed by atoms with Crippen molar-refractivity contribution < 1.29 is 28.6 Å². The molecule has 6 nitrogen and oxygen atoms in total. The number of carbonyl (C=O) groups is 3. The van der Waals surface area contributed by atoms with E-state index in [9.17, 15) is 14.4 Å². The van der Waals surface area contributed by atoms with Crippen LogP contribution < -0.4 is 0 Å². The maximum absolute atomic E-state index is 12.6. The van der Waals surface area contributed by atoms with Crippen LogP contribution in [0.5, 0.6) is 0 Å². The molecule has 0 aliphatic heterocycles. The number of unbranched alkanes of at least 4 members (excludes halogenated alkanes) is 31. The average molecular weight is 779 g/mol. The highest BCUT2D eigenvalue weighted by Gasteiger charge is 2.19. The zero-order valence-corrected chi connectivity index (χ0v) is 37.4. The molecule has 0 aliphatic carbocycles. The summed E-state index contributed by atoms with van der Waals surface area (Å²) in [4.78, 5) is 37.6. The lowest BCUT2D eigenvalue weighted by atomic mass is 10.0. The predicted molar refractivity (Wildman–Crippen MR) is 233 cm³/mol. The minimum Gasteiger partial charge on any atom is -0.462 e. The van der Waals surface area contributed by atoms with Crippen LogP contribution in [0, 0.1) is 5.92 Å². The molecule has 0 unspecified atom stereocenters. The molecular formula is C49H94O6. The first-order chi connectivity index (χ1) is 26.9. The molecule has 0 aliphatic rings. The molecule has 0 bridgehead atoms. The summed E-state index contributed by atoms with van der Waals surface area (Å²) in [7, 11) is 0. The zero-order valence-electron chi connectivity index (χ0n) is 37.4. The van der Waals surface area contributed by atoms with Crippen molar-refractivity contribution >= 4 is 17.9 Å². The van der Waals surface area contributed by atoms with Gasteiger partial charge in [0.15, 0.2) is 6.10 Å². The summed E-state index contributed by atoms with van der Waals surface area (Å²) in [5.74, 6) is -0.00676. The molecule has 1 atom stereocenters. The van der Waals surface area contributed by atoms with Crippen molar-refractivity contribution in [2.24, 2.45) is 5.92 Å². The van der Waals surface area contributed by atoms with Gasteiger partial charge in [0.1, 0.15) is 13.2 Å². The van der Waals surface area contributed by atoms with E-state index >= 15 is 0 Å². The van der Waals surface area contributed by atoms with Crippen LogP contribution >= 0.6 is 0 Å². The molecule has 326 valence electrons. The van der Waals surface area contributed by atoms with Gasteiger partial charge >= 0.3 is 17.9 Å². The van der Waals surface area contributed by atoms with E-state index in [0.717, 1.165) is 63.7 Å². The first-order valence-electron chi connectivity index (χ1n) is 24.4. The fraction of sp³-hybridized carbons (Fsp3) is 0.939. The van der Waals surface area contributed by atoms with Gasteiger partial charge in [-0.1, -0.05) is 233 Å². The molecule has 0 N–H and O–H groups in total. The Morgan fingerprint density at radius 2 is 0.600 bits per heavy atom. The van der Waals surface area contributed by atoms with Gasteiger partial charge in [-0.15, -0.1) is 0 Å². The third-order valence-electron chi connectivity index (χ3n) is 11.0. The summed E-state index contributed by atoms with van der Waals surface area (Å²) in [5, 5.41) is 0. The van der Waals surface area contributed by atoms with Crippen LogP contribution in [0.15, 0.2) is 0 Å². The minimum absolute atomic E-state index is 0.0637. The number of carbonyl (C=O) groups excluding carboxylic acids is 3. The first-order valence-corrected chi connectivity index (χ1v) is 24.4. The van der Waals surface area contributed by atoms with E-state index in [-0.39, 0.29) is 31.1 Å². The van der Waals surface area contributed by atoms with Gasteiger partial charge in [0.05, 0.1) is 0 Å². The van der Waals surface area contributed by atoms with Crippen molar-refractivity contribution in [3.63, 3.8) is 0 Å². The second kappa shape index (κ2) is 43.5. The van der Waals surface area contributed by atoms with Gasteiger partial charge in [-0.2, -0.15) is 0 Å². The zero-order chi connectivity index (χ0) is 40.3. The molecule has 0 saturated heterocycles. The topological polar surface area (TPSA) is 78.9 Å². The van der Waals surface area contributed by atoms with Crippen LogP contribution in [0.25, 0.3) is 0 Å². The predicted octanol–water partition coefficient (Wildman–Crippen LogP) is 15.5. The fourth-order valence-corrected chi connectivity index (χ4v) is 7.33. The second-order valence-corrected chi connectivity index (χ2v) is 17.2. The maximum Gasteiger partial charge on any atom is 0.306 e. The first kappa shape index (κ1) is 53.4. The molecule has 0 aromatic carbocycles. The quantitative estimate of drug-likeness (QED) is 0.0348. The van der Waals surface area contributed by atoms with Crippen LogP contribution in [0.3, 0.4) is 0 Å². The van der Waals surface area contributed by atoms with Crippen LogP contribution in [-0.2, 0) is 28.6 Å². The highest BCUT2D eigenvalue weighted by Crippen LogP contribution is 2.17. The van der Waals surface area contributed by atoms with Crippen molar-refractivity contribution in [2.75, 3.05) is 13.2 Å². The molecule has 6 heteroatoms. The smallest absolute Gasteiger partial charge is 0.306 e. The maximum atomic E-state index is 12.6. The number of hydrogen-bond donors (Lipinski definition) is 0. The van der Waals surface area contributed by atoms with Gasteiger partial charge < -0.3 is 14.2 Å². The Bertz CT molecular complexity index is 826. The molecular weight excluding hydrogens is 685 g/mol. The SMILES string of the molecule is CCCCCCCCCCCCCCC(=O)OC[C@@H](COC(=O)CCCCCCCCCCCCCCCCCC(C)C)OC(=O)CCCCCCCCC. The Morgan fingerprint density at radius 3 is 0.891 bits per heavy atom. The van der Waals surface area contributed by atoms with E-state index in [2.05, 4.69) is 27.7 Å². The Morgan fingerprint density at radius 1 is 0.345 bits per heavy atom. The summed E-state index contributed by atoms with van der Waals surface area (Å²) < 4.78 is 16.7. The summed E-state index contributed by atoms with van der Waals surface area (Å²) >= 11 is 0. The highest BCUT2D eigenvalue weighted by molar-refractivity contribution is 5.71. The normalized spacial score (nSPS) is 11.9. The third kappa shape index (κ3) is 43.4. The van der Waals surface area contributed by atoms with E-state index in [1.54, 1.807) is 0 Å². The molecule has 55 heavy (non-hydrogen) atoms. The van der Waals surface area contributed by atoms with E-state index < -0.39 is 6.10 Å². The average Bonchev–Trinajstić information content (AvgIpc) is 3.17. The van der Waals surface area contributed by atoms with E-state index in [0.29, 0.717) is 19.3 Å². The molecule has 0 rings (SSSR count). The molecule has 0 aromatic heterocycles. The Labute approximate surface area is 342 Å². The van der Waals surface area contributed by atoms with Crippen LogP contribution in [-0.4, -0.2) is 37.2 Å². The van der Waals surface area contributed by atoms with Gasteiger partial charge in [0, 0.05) is 19.3 Å². The van der Waals surface area contributed by atoms with Gasteiger partial charge in [0.2, 0.25) is 0 Å². The summed E-state index contributed by atoms with van der Waals surface area (Å²) in [6.07, 6.45) is 43.8. The Kier molecular flexibility index (Phi) is 42.3. The largest absolute Gasteiger partial charge is 0.462 e. The van der Waals surface area contributed by atoms with E-state index in [4.69, 9.17) is 14.2 Å². The summed E-state index contributed by atoms with van der Waals surface area (Å²) in [6.45, 7) is 8.98. The monoisotopic (exact) mass is 779 g/mol. The fourth-order valence-electron chi connectivity index (χ4n) is 7.33. The van der Waals surface area contributed by atoms with Gasteiger partial charge in [0.25, 0.3) is 0 Å². The Balaban J connectivity index is 4.16. The molecule has 0 fully saturated rings. The van der Waals surface area contributed by atoms with Crippen molar-refractivity contribution in [1.29, 1.82) is 0 Å². The molecule has 0 radical (unpaired) electrons. The number of rotatable bonds is 44. The lowest BCUT2D eigenvalue weighted by Crippen LogP contribution is -2.30. The molecule has 0 spiro atoms. The van der Waals surface area contributed by atoms with E-state index in [1.165, 1.54) is 167 Å². The van der Waals surface area contributed by atoms with Crippen molar-refractivity contribution in [3.8, 4) is 0 Å². The lowest BCUT2D eigenvalue weighted by molar-refractivity contribution is -0.167. The molecule has 0 amide bonds. The number of esters is 3. The van der Waals surface area contributed by atoms with Crippen molar-refractivity contribution in [3.05, 3.63) is 0 Å². The standard InChI is InChI=1S/C49H94O6/c1-5-7-9-11-13-14-15-22-25-29-32-36-40-47(50)53-43-46(55-49(52)42-38-34-27-12-10-8-6-2)44-54-48(51)41-37-33-30-26-23-20-18-16-17-19-21-24-28-31-35-39-45(3)4/h45-46H,5-44H2,1-4H3/t46-/m0/s1. The minimum atomic E-state index is -0.758. The van der Waals surface area contributed by atoms with Crippen LogP contribution in [0.2, 0.25) is 0 Å². The highest BCUT2D eigenvalue weighted by atomic mass is 16.6. The molecule has 0 heterocycles. The van der Waals surface area contributed by atoms with Gasteiger partial charge in [-0.05, 0) is 25.2 Å². The van der Waals surface area contributed by atoms with Crippen LogP contribution in [0.1, 0.15) is 272 Å². The summed E-state index contributed by atoms with van der Waals surface area (Å²) in [6, 6.07) is 0. The Hall–Kier alpha value is -1.59. The summed E-state index contributed by atoms with van der Waals surface area (Å²) in [5.41, 5.74) is 0. The lowest BCUT2D eigenvalue weighted by Gasteiger charge is -2.18. The number of ether oxygens (including phenoxy) is 3. The number of hydrogen-bond acceptors (Lipinski definition) is 6. The molecule has 0 aromatic rings. The third-order valence-corrected chi connectivity index (χ3v) is 11.0. The van der Waals surface area contributed by atoms with Crippen LogP contribution in [0.4, 0.5) is 0 Å². The molecule has 0 saturated carbocycles. The van der Waals surface area contributed by atoms with Crippen molar-refractivity contribution in [2.45, 2.75) is 278 Å². The van der Waals surface area contributed by atoms with Gasteiger partial charge in [-0.3, -0.25) is 14.4 Å². The van der Waals surface area contributed by atoms with Gasteiger partial charge in [-0.25, -0.2) is 0 Å². The van der Waals surface area contributed by atoms with Crippen molar-refractivity contribution in [1.82, 2.24) is 0 Å². The second-order valence-electron chi connectivity index (χ2n) is 17.2.